The molecule has 0 aromatic heterocycles. The fraction of sp³-hybridized carbons (Fsp3) is 0.375. The number of fused-ring (bicyclic) bond motifs is 1. The van der Waals surface area contributed by atoms with E-state index in [1.165, 1.54) is 16.3 Å². The van der Waals surface area contributed by atoms with Crippen molar-refractivity contribution in [3.8, 4) is 0 Å². The molecule has 1 heterocycles. The van der Waals surface area contributed by atoms with Crippen molar-refractivity contribution >= 4 is 21.6 Å². The average molecular weight is 273 g/mol. The summed E-state index contributed by atoms with van der Waals surface area (Å²) in [5.41, 5.74) is 1.28. The molecule has 3 rings (SSSR count). The van der Waals surface area contributed by atoms with E-state index in [9.17, 15) is 4.21 Å². The third-order valence-electron chi connectivity index (χ3n) is 3.92. The van der Waals surface area contributed by atoms with Crippen molar-refractivity contribution < 1.29 is 4.21 Å². The molecule has 3 unspecified atom stereocenters. The van der Waals surface area contributed by atoms with Crippen LogP contribution < -0.4 is 5.32 Å². The van der Waals surface area contributed by atoms with E-state index < -0.39 is 10.8 Å². The summed E-state index contributed by atoms with van der Waals surface area (Å²) >= 11 is 0. The third-order valence-corrected chi connectivity index (χ3v) is 5.72. The van der Waals surface area contributed by atoms with Crippen LogP contribution in [0.5, 0.6) is 0 Å². The van der Waals surface area contributed by atoms with Gasteiger partial charge in [-0.1, -0.05) is 49.4 Å². The molecule has 0 spiro atoms. The monoisotopic (exact) mass is 273 g/mol. The van der Waals surface area contributed by atoms with Crippen LogP contribution in [0.15, 0.2) is 42.5 Å². The van der Waals surface area contributed by atoms with Crippen molar-refractivity contribution in [2.45, 2.75) is 24.6 Å². The second kappa shape index (κ2) is 5.43. The molecule has 0 saturated carbocycles. The highest BCUT2D eigenvalue weighted by molar-refractivity contribution is 7.85. The van der Waals surface area contributed by atoms with Gasteiger partial charge in [-0.25, -0.2) is 0 Å². The van der Waals surface area contributed by atoms with E-state index in [2.05, 4.69) is 54.7 Å². The topological polar surface area (TPSA) is 29.1 Å². The van der Waals surface area contributed by atoms with Gasteiger partial charge in [-0.15, -0.1) is 0 Å². The molecule has 3 heteroatoms. The van der Waals surface area contributed by atoms with Gasteiger partial charge in [0, 0.05) is 27.8 Å². The van der Waals surface area contributed by atoms with Crippen LogP contribution in [-0.4, -0.2) is 21.8 Å². The first-order valence-electron chi connectivity index (χ1n) is 6.84. The largest absolute Gasteiger partial charge is 0.309 e. The molecule has 19 heavy (non-hydrogen) atoms. The van der Waals surface area contributed by atoms with E-state index in [0.717, 1.165) is 18.7 Å². The molecule has 0 bridgehead atoms. The maximum absolute atomic E-state index is 12.2. The van der Waals surface area contributed by atoms with Gasteiger partial charge >= 0.3 is 0 Å². The van der Waals surface area contributed by atoms with Crippen LogP contribution in [0.25, 0.3) is 10.8 Å². The van der Waals surface area contributed by atoms with E-state index in [0.29, 0.717) is 5.25 Å². The highest BCUT2D eigenvalue weighted by Gasteiger charge is 2.23. The Labute approximate surface area is 116 Å². The van der Waals surface area contributed by atoms with Crippen molar-refractivity contribution in [1.82, 2.24) is 5.32 Å². The molecule has 2 aromatic rings. The van der Waals surface area contributed by atoms with Crippen LogP contribution in [0.3, 0.4) is 0 Å². The summed E-state index contributed by atoms with van der Waals surface area (Å²) in [6, 6.07) is 15.0. The van der Waals surface area contributed by atoms with E-state index in [1.807, 2.05) is 0 Å². The number of hydrogen-bond acceptors (Lipinski definition) is 2. The highest BCUT2D eigenvalue weighted by Crippen LogP contribution is 2.26. The second-order valence-electron chi connectivity index (χ2n) is 5.22. The molecule has 2 aromatic carbocycles. The zero-order valence-corrected chi connectivity index (χ0v) is 12.0. The zero-order valence-electron chi connectivity index (χ0n) is 11.1. The molecule has 2 nitrogen and oxygen atoms in total. The summed E-state index contributed by atoms with van der Waals surface area (Å²) in [6.45, 7) is 3.03. The second-order valence-corrected chi connectivity index (χ2v) is 7.12. The Morgan fingerprint density at radius 2 is 1.95 bits per heavy atom. The number of rotatable bonds is 1. The van der Waals surface area contributed by atoms with Crippen LogP contribution in [0, 0.1) is 0 Å². The number of hydrogen-bond donors (Lipinski definition) is 1. The van der Waals surface area contributed by atoms with Gasteiger partial charge in [0.2, 0.25) is 0 Å². The minimum absolute atomic E-state index is 0.205. The normalized spacial score (nSPS) is 28.2. The van der Waals surface area contributed by atoms with Gasteiger partial charge in [-0.2, -0.15) is 0 Å². The smallest absolute Gasteiger partial charge is 0.0443 e. The summed E-state index contributed by atoms with van der Waals surface area (Å²) in [4.78, 5) is 0. The summed E-state index contributed by atoms with van der Waals surface area (Å²) in [5.74, 6) is 0.717. The molecular weight excluding hydrogens is 254 g/mol. The van der Waals surface area contributed by atoms with Gasteiger partial charge in [0.15, 0.2) is 0 Å². The Morgan fingerprint density at radius 3 is 2.84 bits per heavy atom. The van der Waals surface area contributed by atoms with Crippen molar-refractivity contribution in [2.75, 3.05) is 12.3 Å². The standard InChI is InChI=1S/C16H19NOS/c1-12-9-10-17-16(11-19(12)18)15-8-4-6-13-5-2-3-7-14(13)15/h2-8,12,16-17H,9-11H2,1H3. The van der Waals surface area contributed by atoms with E-state index in [1.54, 1.807) is 0 Å². The Kier molecular flexibility index (Phi) is 3.67. The quantitative estimate of drug-likeness (QED) is 0.865. The van der Waals surface area contributed by atoms with Crippen molar-refractivity contribution in [1.29, 1.82) is 0 Å². The van der Waals surface area contributed by atoms with Gasteiger partial charge in [-0.3, -0.25) is 4.21 Å². The Hall–Kier alpha value is -1.19. The lowest BCUT2D eigenvalue weighted by Crippen LogP contribution is -2.24. The Bertz CT molecular complexity index is 605. The predicted octanol–water partition coefficient (Wildman–Crippen LogP) is 3.01. The SMILES string of the molecule is CC1CCNC(c2cccc3ccccc23)CS1=O. The first-order chi connectivity index (χ1) is 9.25. The molecular formula is C16H19NOS. The van der Waals surface area contributed by atoms with E-state index >= 15 is 0 Å². The van der Waals surface area contributed by atoms with Crippen molar-refractivity contribution in [3.05, 3.63) is 48.0 Å². The van der Waals surface area contributed by atoms with E-state index in [4.69, 9.17) is 0 Å². The van der Waals surface area contributed by atoms with Crippen LogP contribution in [0.1, 0.15) is 24.9 Å². The molecule has 1 aliphatic heterocycles. The fourth-order valence-corrected chi connectivity index (χ4v) is 4.07. The molecule has 1 N–H and O–H groups in total. The van der Waals surface area contributed by atoms with Crippen LogP contribution in [-0.2, 0) is 10.8 Å². The molecule has 1 saturated heterocycles. The molecule has 3 atom stereocenters. The maximum Gasteiger partial charge on any atom is 0.0443 e. The Morgan fingerprint density at radius 1 is 1.16 bits per heavy atom. The minimum atomic E-state index is -0.738. The van der Waals surface area contributed by atoms with Gasteiger partial charge in [-0.05, 0) is 29.3 Å². The van der Waals surface area contributed by atoms with Crippen molar-refractivity contribution in [3.63, 3.8) is 0 Å². The number of benzene rings is 2. The first kappa shape index (κ1) is 12.8. The summed E-state index contributed by atoms with van der Waals surface area (Å²) < 4.78 is 12.2. The lowest BCUT2D eigenvalue weighted by Gasteiger charge is -2.18. The average Bonchev–Trinajstić information content (AvgIpc) is 2.60. The van der Waals surface area contributed by atoms with Crippen LogP contribution in [0.4, 0.5) is 0 Å². The third kappa shape index (κ3) is 2.58. The van der Waals surface area contributed by atoms with Crippen molar-refractivity contribution in [2.24, 2.45) is 0 Å². The summed E-state index contributed by atoms with van der Waals surface area (Å²) in [5, 5.41) is 6.38. The summed E-state index contributed by atoms with van der Waals surface area (Å²) in [7, 11) is -0.738. The molecule has 100 valence electrons. The predicted molar refractivity (Wildman–Crippen MR) is 81.8 cm³/mol. The maximum atomic E-state index is 12.2. The molecule has 0 amide bonds. The molecule has 0 aliphatic carbocycles. The molecule has 1 fully saturated rings. The Balaban J connectivity index is 2.01. The van der Waals surface area contributed by atoms with Gasteiger partial charge < -0.3 is 5.32 Å². The van der Waals surface area contributed by atoms with Gasteiger partial charge in [0.05, 0.1) is 0 Å². The molecule has 1 aliphatic rings. The fourth-order valence-electron chi connectivity index (χ4n) is 2.73. The lowest BCUT2D eigenvalue weighted by molar-refractivity contribution is 0.581. The van der Waals surface area contributed by atoms with Gasteiger partial charge in [0.25, 0.3) is 0 Å². The van der Waals surface area contributed by atoms with Crippen LogP contribution in [0.2, 0.25) is 0 Å². The van der Waals surface area contributed by atoms with Crippen LogP contribution >= 0.6 is 0 Å². The lowest BCUT2D eigenvalue weighted by atomic mass is 9.99. The molecule has 0 radical (unpaired) electrons. The first-order valence-corrected chi connectivity index (χ1v) is 8.22. The zero-order chi connectivity index (χ0) is 13.2. The van der Waals surface area contributed by atoms with Gasteiger partial charge in [0.1, 0.15) is 0 Å². The number of nitrogens with one attached hydrogen (secondary N) is 1. The van der Waals surface area contributed by atoms with E-state index in [-0.39, 0.29) is 6.04 Å². The highest BCUT2D eigenvalue weighted by atomic mass is 32.2. The minimum Gasteiger partial charge on any atom is -0.309 e. The summed E-state index contributed by atoms with van der Waals surface area (Å²) in [6.07, 6.45) is 0.994.